The Hall–Kier alpha value is 1.28. The van der Waals surface area contributed by atoms with Gasteiger partial charge in [-0.1, -0.05) is 143 Å². The Labute approximate surface area is 354 Å². The van der Waals surface area contributed by atoms with Gasteiger partial charge in [-0.05, 0) is 83.2 Å². The van der Waals surface area contributed by atoms with E-state index in [0.717, 1.165) is 69.5 Å². The zero-order valence-electron chi connectivity index (χ0n) is 32.2. The predicted molar refractivity (Wildman–Crippen MR) is 230 cm³/mol. The summed E-state index contributed by atoms with van der Waals surface area (Å²) < 4.78 is 0. The fraction of sp³-hybridized carbons (Fsp3) is 0.535. The van der Waals surface area contributed by atoms with Gasteiger partial charge in [0.25, 0.3) is 0 Å². The van der Waals surface area contributed by atoms with Gasteiger partial charge in [0.15, 0.2) is 0 Å². The fourth-order valence-corrected chi connectivity index (χ4v) is 21.5. The van der Waals surface area contributed by atoms with Crippen LogP contribution in [-0.2, 0) is 41.7 Å². The summed E-state index contributed by atoms with van der Waals surface area (Å²) in [6.45, 7) is 10.8. The molecule has 4 fully saturated rings. The van der Waals surface area contributed by atoms with Gasteiger partial charge in [-0.25, -0.2) is 0 Å². The van der Waals surface area contributed by atoms with Crippen LogP contribution in [0.3, 0.4) is 0 Å². The molecule has 8 aliphatic rings. The van der Waals surface area contributed by atoms with Crippen molar-refractivity contribution in [2.24, 2.45) is 47.3 Å². The molecule has 0 aromatic carbocycles. The third-order valence-corrected chi connectivity index (χ3v) is 23.9. The van der Waals surface area contributed by atoms with Gasteiger partial charge in [0.1, 0.15) is 0 Å². The Kier molecular flexibility index (Phi) is 21.7. The van der Waals surface area contributed by atoms with Crippen molar-refractivity contribution in [1.82, 2.24) is 0 Å². The first-order valence-electron chi connectivity index (χ1n) is 18.3. The van der Waals surface area contributed by atoms with E-state index in [2.05, 4.69) is 130 Å². The van der Waals surface area contributed by atoms with Crippen LogP contribution in [0, 0.1) is 76.0 Å². The molecule has 12 unspecified atom stereocenters. The van der Waals surface area contributed by atoms with Crippen molar-refractivity contribution in [3.63, 3.8) is 0 Å². The topological polar surface area (TPSA) is 0 Å². The van der Waals surface area contributed by atoms with Crippen LogP contribution in [0.2, 0.25) is 48.4 Å². The molecule has 0 aromatic rings. The number of fused-ring (bicyclic) bond motifs is 4. The molecule has 0 N–H and O–H groups in total. The molecule has 8 rings (SSSR count). The van der Waals surface area contributed by atoms with Crippen molar-refractivity contribution in [2.75, 3.05) is 0 Å². The second kappa shape index (κ2) is 22.9. The molecular weight excluding hydrogens is 897 g/mol. The SMILES string of the molecule is C[Si](C)(C1CCC2C=CC=CC21)C1CCC2C=CC=CC21.C[Si](C)(C1[CH-]CC2C=CC=CC21)C1CCC2C=CC=CC21.[CH3-].[CH3-].[CH3-].[Cl][Zr+2][Cl].[Cl][Zr+2][Cl]. The Bertz CT molecular complexity index is 1110. The average Bonchev–Trinajstić information content (AvgIpc) is 3.90. The van der Waals surface area contributed by atoms with E-state index in [4.69, 9.17) is 34.1 Å². The third kappa shape index (κ3) is 11.2. The summed E-state index contributed by atoms with van der Waals surface area (Å²) in [5.41, 5.74) is 3.87. The van der Waals surface area contributed by atoms with Gasteiger partial charge in [0.2, 0.25) is 0 Å². The minimum atomic E-state index is -1.28. The van der Waals surface area contributed by atoms with E-state index in [1.165, 1.54) is 44.9 Å². The van der Waals surface area contributed by atoms with E-state index in [1.54, 1.807) is 0 Å². The van der Waals surface area contributed by atoms with Gasteiger partial charge in [-0.2, -0.15) is 12.0 Å². The zero-order valence-corrected chi connectivity index (χ0v) is 42.1. The molecule has 0 amide bonds. The molecule has 12 atom stereocenters. The van der Waals surface area contributed by atoms with Crippen LogP contribution in [0.5, 0.6) is 0 Å². The van der Waals surface area contributed by atoms with E-state index in [-0.39, 0.29) is 22.3 Å². The van der Waals surface area contributed by atoms with Crippen molar-refractivity contribution in [3.05, 3.63) is 126 Å². The minimum absolute atomic E-state index is 0. The van der Waals surface area contributed by atoms with Crippen LogP contribution in [-0.4, -0.2) is 16.1 Å². The summed E-state index contributed by atoms with van der Waals surface area (Å²) in [5.74, 6) is 6.71. The second-order valence-electron chi connectivity index (χ2n) is 16.4. The first-order chi connectivity index (χ1) is 23.2. The maximum absolute atomic E-state index is 4.93. The normalized spacial score (nSPS) is 36.7. The third-order valence-electron chi connectivity index (χ3n) is 13.8. The fourth-order valence-electron chi connectivity index (χ4n) is 11.5. The molecular formula is C43H64Cl4Si2Zr2. The molecule has 51 heavy (non-hydrogen) atoms. The molecule has 4 saturated carbocycles. The summed E-state index contributed by atoms with van der Waals surface area (Å²) >= 11 is -1.65. The molecule has 0 heterocycles. The van der Waals surface area contributed by atoms with E-state index in [9.17, 15) is 0 Å². The van der Waals surface area contributed by atoms with Crippen molar-refractivity contribution in [1.29, 1.82) is 0 Å². The summed E-state index contributed by atoms with van der Waals surface area (Å²) in [7, 11) is 17.2. The molecule has 0 spiro atoms. The first-order valence-corrected chi connectivity index (χ1v) is 37.3. The number of hydrogen-bond acceptors (Lipinski definition) is 0. The number of hydrogen-bond donors (Lipinski definition) is 0. The number of rotatable bonds is 4. The van der Waals surface area contributed by atoms with Crippen LogP contribution < -0.4 is 0 Å². The first kappa shape index (κ1) is 48.4. The monoisotopic (exact) mass is 956 g/mol. The van der Waals surface area contributed by atoms with Crippen LogP contribution in [0.25, 0.3) is 0 Å². The Balaban J connectivity index is 0.000000292. The van der Waals surface area contributed by atoms with Crippen LogP contribution >= 0.6 is 34.1 Å². The molecule has 8 aliphatic carbocycles. The van der Waals surface area contributed by atoms with Gasteiger partial charge in [0, 0.05) is 8.07 Å². The summed E-state index contributed by atoms with van der Waals surface area (Å²) in [6, 6.07) is 0. The molecule has 0 saturated heterocycles. The molecule has 0 aliphatic heterocycles. The summed E-state index contributed by atoms with van der Waals surface area (Å²) in [6.07, 6.45) is 51.0. The molecule has 0 bridgehead atoms. The Morgan fingerprint density at radius 1 is 0.431 bits per heavy atom. The van der Waals surface area contributed by atoms with Gasteiger partial charge in [0.05, 0.1) is 8.07 Å². The quantitative estimate of drug-likeness (QED) is 0.195. The van der Waals surface area contributed by atoms with E-state index in [1.807, 2.05) is 0 Å². The van der Waals surface area contributed by atoms with Gasteiger partial charge < -0.3 is 28.7 Å². The predicted octanol–water partition coefficient (Wildman–Crippen LogP) is 15.4. The number of allylic oxidation sites excluding steroid dienone is 16. The zero-order chi connectivity index (χ0) is 34.3. The van der Waals surface area contributed by atoms with E-state index >= 15 is 0 Å². The molecule has 0 nitrogen and oxygen atoms in total. The van der Waals surface area contributed by atoms with Crippen molar-refractivity contribution in [2.45, 2.75) is 93.3 Å². The van der Waals surface area contributed by atoms with Crippen LogP contribution in [0.15, 0.2) is 97.2 Å². The van der Waals surface area contributed by atoms with E-state index < -0.39 is 57.8 Å². The van der Waals surface area contributed by atoms with Gasteiger partial charge in [-0.15, -0.1) is 0 Å². The average molecular weight is 961 g/mol. The van der Waals surface area contributed by atoms with Crippen LogP contribution in [0.1, 0.15) is 44.9 Å². The molecule has 280 valence electrons. The van der Waals surface area contributed by atoms with Crippen molar-refractivity contribution >= 4 is 50.2 Å². The molecule has 8 heteroatoms. The Morgan fingerprint density at radius 3 is 1.10 bits per heavy atom. The van der Waals surface area contributed by atoms with E-state index in [0.29, 0.717) is 0 Å². The second-order valence-corrected chi connectivity index (χ2v) is 34.0. The maximum atomic E-state index is 4.93. The molecule has 0 radical (unpaired) electrons. The van der Waals surface area contributed by atoms with Gasteiger partial charge >= 0.3 is 75.7 Å². The number of halogens is 4. The summed E-state index contributed by atoms with van der Waals surface area (Å²) in [4.78, 5) is 0. The standard InChI is InChI=1S/C20H28Si.C20H27Si.3CH3.4ClH.2Zr/c2*1-21(2,19-13-11-15-7-3-5-9-17(15)19)20-14-12-16-8-4-6-10-18(16)20;;;;;;;;;/h3-10,15-20H,11-14H2,1-2H3;3-10,13,15-20H,11-12,14H2,1-2H3;3*1H3;4*1H;;/q;4*-1;;;;;2*+4/p-4. The van der Waals surface area contributed by atoms with Crippen LogP contribution in [0.4, 0.5) is 0 Å². The Morgan fingerprint density at radius 2 is 0.725 bits per heavy atom. The van der Waals surface area contributed by atoms with Gasteiger partial charge in [-0.3, -0.25) is 0 Å². The summed E-state index contributed by atoms with van der Waals surface area (Å²) in [5, 5.41) is 0. The van der Waals surface area contributed by atoms with Crippen molar-refractivity contribution < 1.29 is 41.7 Å². The van der Waals surface area contributed by atoms with Crippen molar-refractivity contribution in [3.8, 4) is 0 Å². The molecule has 0 aromatic heterocycles.